The Hall–Kier alpha value is -1.61. The second-order valence-electron chi connectivity index (χ2n) is 3.08. The molecule has 3 rings (SSSR count). The van der Waals surface area contributed by atoms with E-state index in [2.05, 4.69) is 27.5 Å². The maximum Gasteiger partial charge on any atom is 0.0965 e. The van der Waals surface area contributed by atoms with Crippen LogP contribution >= 0.6 is 11.3 Å². The van der Waals surface area contributed by atoms with Crippen LogP contribution in [0.1, 0.15) is 0 Å². The van der Waals surface area contributed by atoms with Crippen molar-refractivity contribution in [1.82, 2.24) is 9.97 Å². The minimum absolute atomic E-state index is 1.05. The number of rotatable bonds is 1. The normalized spacial score (nSPS) is 10.9. The molecule has 68 valence electrons. The molecule has 3 heterocycles. The fourth-order valence-corrected chi connectivity index (χ4v) is 2.32. The molecule has 3 heteroatoms. The van der Waals surface area contributed by atoms with E-state index >= 15 is 0 Å². The summed E-state index contributed by atoms with van der Waals surface area (Å²) < 4.78 is 0. The van der Waals surface area contributed by atoms with Gasteiger partial charge >= 0.3 is 0 Å². The van der Waals surface area contributed by atoms with E-state index in [-0.39, 0.29) is 0 Å². The fourth-order valence-electron chi connectivity index (χ4n) is 1.57. The van der Waals surface area contributed by atoms with Crippen LogP contribution < -0.4 is 0 Å². The molecule has 0 fully saturated rings. The van der Waals surface area contributed by atoms with E-state index in [0.717, 1.165) is 11.0 Å². The van der Waals surface area contributed by atoms with Crippen molar-refractivity contribution in [3.8, 4) is 10.4 Å². The van der Waals surface area contributed by atoms with Crippen molar-refractivity contribution in [1.29, 1.82) is 0 Å². The summed E-state index contributed by atoms with van der Waals surface area (Å²) in [5.74, 6) is 0. The van der Waals surface area contributed by atoms with Crippen LogP contribution in [0.25, 0.3) is 21.5 Å². The number of H-pyrrole nitrogens is 1. The Morgan fingerprint density at radius 2 is 2.21 bits per heavy atom. The highest BCUT2D eigenvalue weighted by atomic mass is 32.1. The predicted molar refractivity (Wildman–Crippen MR) is 59.4 cm³/mol. The zero-order valence-corrected chi connectivity index (χ0v) is 8.21. The van der Waals surface area contributed by atoms with Crippen LogP contribution in [-0.4, -0.2) is 9.97 Å². The standard InChI is InChI=1S/C11H8N2S/c1-3-9-11(12-5-1)8(7-13-9)10-4-2-6-14-10/h1-7,13H. The summed E-state index contributed by atoms with van der Waals surface area (Å²) >= 11 is 1.74. The van der Waals surface area contributed by atoms with E-state index in [0.29, 0.717) is 0 Å². The largest absolute Gasteiger partial charge is 0.359 e. The van der Waals surface area contributed by atoms with Crippen LogP contribution in [0.5, 0.6) is 0 Å². The number of nitrogens with zero attached hydrogens (tertiary/aromatic N) is 1. The van der Waals surface area contributed by atoms with Gasteiger partial charge in [0.25, 0.3) is 0 Å². The minimum Gasteiger partial charge on any atom is -0.359 e. The zero-order valence-electron chi connectivity index (χ0n) is 7.40. The SMILES string of the molecule is c1csc(-c2c[nH]c3cccnc23)c1. The van der Waals surface area contributed by atoms with Crippen molar-refractivity contribution in [3.05, 3.63) is 42.0 Å². The highest BCUT2D eigenvalue weighted by molar-refractivity contribution is 7.13. The molecule has 14 heavy (non-hydrogen) atoms. The van der Waals surface area contributed by atoms with Crippen LogP contribution in [0.2, 0.25) is 0 Å². The van der Waals surface area contributed by atoms with E-state index in [1.807, 2.05) is 24.5 Å². The van der Waals surface area contributed by atoms with Gasteiger partial charge in [-0.05, 0) is 23.6 Å². The molecule has 0 aliphatic heterocycles. The lowest BCUT2D eigenvalue weighted by Crippen LogP contribution is -1.73. The third-order valence-corrected chi connectivity index (χ3v) is 3.12. The van der Waals surface area contributed by atoms with Gasteiger partial charge in [-0.15, -0.1) is 11.3 Å². The Kier molecular flexibility index (Phi) is 1.64. The van der Waals surface area contributed by atoms with Crippen LogP contribution in [-0.2, 0) is 0 Å². The lowest BCUT2D eigenvalue weighted by molar-refractivity contribution is 1.41. The predicted octanol–water partition coefficient (Wildman–Crippen LogP) is 3.29. The monoisotopic (exact) mass is 200 g/mol. The second kappa shape index (κ2) is 2.96. The summed E-state index contributed by atoms with van der Waals surface area (Å²) in [5, 5.41) is 2.08. The Bertz CT molecular complexity index is 551. The summed E-state index contributed by atoms with van der Waals surface area (Å²) in [6, 6.07) is 8.15. The molecule has 0 aliphatic rings. The number of aromatic amines is 1. The third kappa shape index (κ3) is 1.06. The van der Waals surface area contributed by atoms with E-state index in [1.165, 1.54) is 10.4 Å². The average Bonchev–Trinajstić information content (AvgIpc) is 2.85. The first-order valence-electron chi connectivity index (χ1n) is 4.41. The molecule has 3 aromatic heterocycles. The summed E-state index contributed by atoms with van der Waals surface area (Å²) in [7, 11) is 0. The number of nitrogens with one attached hydrogen (secondary N) is 1. The molecule has 0 aromatic carbocycles. The molecule has 0 unspecified atom stereocenters. The van der Waals surface area contributed by atoms with Gasteiger partial charge in [-0.25, -0.2) is 0 Å². The van der Waals surface area contributed by atoms with Crippen molar-refractivity contribution in [2.75, 3.05) is 0 Å². The van der Waals surface area contributed by atoms with E-state index in [4.69, 9.17) is 0 Å². The molecule has 0 aliphatic carbocycles. The van der Waals surface area contributed by atoms with Gasteiger partial charge in [0.1, 0.15) is 0 Å². The summed E-state index contributed by atoms with van der Waals surface area (Å²) in [6.07, 6.45) is 3.84. The van der Waals surface area contributed by atoms with E-state index < -0.39 is 0 Å². The van der Waals surface area contributed by atoms with Gasteiger partial charge in [-0.2, -0.15) is 0 Å². The Morgan fingerprint density at radius 3 is 3.07 bits per heavy atom. The lowest BCUT2D eigenvalue weighted by atomic mass is 10.2. The molecule has 0 amide bonds. The zero-order chi connectivity index (χ0) is 9.38. The quantitative estimate of drug-likeness (QED) is 0.641. The smallest absolute Gasteiger partial charge is 0.0965 e. The molecular formula is C11H8N2S. The molecular weight excluding hydrogens is 192 g/mol. The van der Waals surface area contributed by atoms with Gasteiger partial charge in [0, 0.05) is 22.8 Å². The van der Waals surface area contributed by atoms with Gasteiger partial charge in [0.15, 0.2) is 0 Å². The number of hydrogen-bond donors (Lipinski definition) is 1. The Labute approximate surface area is 85.2 Å². The van der Waals surface area contributed by atoms with Gasteiger partial charge in [-0.1, -0.05) is 6.07 Å². The van der Waals surface area contributed by atoms with Crippen molar-refractivity contribution in [3.63, 3.8) is 0 Å². The molecule has 0 saturated carbocycles. The number of fused-ring (bicyclic) bond motifs is 1. The molecule has 0 spiro atoms. The molecule has 0 atom stereocenters. The second-order valence-corrected chi connectivity index (χ2v) is 4.03. The molecule has 0 bridgehead atoms. The first-order valence-corrected chi connectivity index (χ1v) is 5.29. The van der Waals surface area contributed by atoms with Crippen molar-refractivity contribution < 1.29 is 0 Å². The summed E-state index contributed by atoms with van der Waals surface area (Å²) in [4.78, 5) is 8.85. The van der Waals surface area contributed by atoms with Crippen LogP contribution in [0, 0.1) is 0 Å². The summed E-state index contributed by atoms with van der Waals surface area (Å²) in [5.41, 5.74) is 3.33. The lowest BCUT2D eigenvalue weighted by Gasteiger charge is -1.92. The van der Waals surface area contributed by atoms with E-state index in [9.17, 15) is 0 Å². The van der Waals surface area contributed by atoms with Gasteiger partial charge in [0.2, 0.25) is 0 Å². The van der Waals surface area contributed by atoms with Gasteiger partial charge in [0.05, 0.1) is 11.0 Å². The maximum atomic E-state index is 4.37. The first-order chi connectivity index (χ1) is 6.95. The minimum atomic E-state index is 1.05. The fraction of sp³-hybridized carbons (Fsp3) is 0. The topological polar surface area (TPSA) is 28.7 Å². The van der Waals surface area contributed by atoms with Crippen molar-refractivity contribution in [2.24, 2.45) is 0 Å². The molecule has 1 N–H and O–H groups in total. The molecule has 0 saturated heterocycles. The highest BCUT2D eigenvalue weighted by Crippen LogP contribution is 2.29. The first kappa shape index (κ1) is 7.76. The molecule has 0 radical (unpaired) electrons. The van der Waals surface area contributed by atoms with Gasteiger partial charge in [-0.3, -0.25) is 4.98 Å². The Balaban J connectivity index is 2.33. The van der Waals surface area contributed by atoms with E-state index in [1.54, 1.807) is 11.3 Å². The molecule has 2 nitrogen and oxygen atoms in total. The molecule has 3 aromatic rings. The van der Waals surface area contributed by atoms with Crippen LogP contribution in [0.4, 0.5) is 0 Å². The summed E-state index contributed by atoms with van der Waals surface area (Å²) in [6.45, 7) is 0. The number of aromatic nitrogens is 2. The number of thiophene rings is 1. The van der Waals surface area contributed by atoms with Crippen molar-refractivity contribution >= 4 is 22.4 Å². The van der Waals surface area contributed by atoms with Crippen LogP contribution in [0.15, 0.2) is 42.0 Å². The highest BCUT2D eigenvalue weighted by Gasteiger charge is 2.06. The number of pyridine rings is 1. The van der Waals surface area contributed by atoms with Crippen LogP contribution in [0.3, 0.4) is 0 Å². The Morgan fingerprint density at radius 1 is 1.21 bits per heavy atom. The average molecular weight is 200 g/mol. The van der Waals surface area contributed by atoms with Gasteiger partial charge < -0.3 is 4.98 Å². The third-order valence-electron chi connectivity index (χ3n) is 2.22. The maximum absolute atomic E-state index is 4.37. The van der Waals surface area contributed by atoms with Crippen molar-refractivity contribution in [2.45, 2.75) is 0 Å². The number of hydrogen-bond acceptors (Lipinski definition) is 2.